The summed E-state index contributed by atoms with van der Waals surface area (Å²) in [5.41, 5.74) is 1.17. The second-order valence-corrected chi connectivity index (χ2v) is 5.30. The number of carbonyl (C=O) groups is 1. The van der Waals surface area contributed by atoms with Crippen LogP contribution in [-0.2, 0) is 15.9 Å². The van der Waals surface area contributed by atoms with E-state index in [0.29, 0.717) is 0 Å². The van der Waals surface area contributed by atoms with Gasteiger partial charge in [-0.15, -0.1) is 0 Å². The number of likely N-dealkylation sites (N-methyl/N-ethyl adjacent to an activating group) is 1. The van der Waals surface area contributed by atoms with Gasteiger partial charge >= 0.3 is 110 Å². The van der Waals surface area contributed by atoms with Gasteiger partial charge in [-0.1, -0.05) is 0 Å². The van der Waals surface area contributed by atoms with Gasteiger partial charge in [0.2, 0.25) is 0 Å². The van der Waals surface area contributed by atoms with E-state index in [0.717, 1.165) is 4.50 Å². The molecule has 0 aliphatic carbocycles. The molecule has 0 aromatic heterocycles. The minimum absolute atomic E-state index is 0.0580. The zero-order chi connectivity index (χ0) is 12.6. The molecule has 1 aromatic rings. The predicted molar refractivity (Wildman–Crippen MR) is 64.3 cm³/mol. The Morgan fingerprint density at radius 2 is 1.88 bits per heavy atom. The Morgan fingerprint density at radius 3 is 2.41 bits per heavy atom. The maximum atomic E-state index is 12.2. The summed E-state index contributed by atoms with van der Waals surface area (Å²) in [5, 5.41) is 0. The quantitative estimate of drug-likeness (QED) is 0.806. The van der Waals surface area contributed by atoms with Crippen molar-refractivity contribution in [2.24, 2.45) is 0 Å². The summed E-state index contributed by atoms with van der Waals surface area (Å²) in [4.78, 5) is 15.8. The van der Waals surface area contributed by atoms with E-state index in [1.807, 2.05) is 37.1 Å². The van der Waals surface area contributed by atoms with E-state index in [9.17, 15) is 4.79 Å². The number of benzene rings is 1. The first-order valence-electron chi connectivity index (χ1n) is 5.65. The normalized spacial score (nSPS) is 24.3. The molecule has 0 unspecified atom stereocenters. The van der Waals surface area contributed by atoms with Crippen LogP contribution in [0.4, 0.5) is 4.79 Å². The molecule has 0 saturated carbocycles. The molecule has 90 valence electrons. The van der Waals surface area contributed by atoms with Crippen molar-refractivity contribution in [1.82, 2.24) is 9.80 Å². The van der Waals surface area contributed by atoms with Gasteiger partial charge in [0.15, 0.2) is 0 Å². The number of urea groups is 1. The Labute approximate surface area is 110 Å². The second kappa shape index (κ2) is 4.64. The molecule has 0 N–H and O–H groups in total. The molecule has 1 saturated heterocycles. The standard InChI is InChI=1S/C13H16N2O.Cr/c1-4-15-12(10(2)14(3)13(15)16)11-8-6-5-7-9-11;/h5-10,12H,1-3H3;/t10-,12-;/m0./s1. The summed E-state index contributed by atoms with van der Waals surface area (Å²) < 4.78 is 0.917. The Hall–Kier alpha value is -1.11. The molecule has 2 rings (SSSR count). The average Bonchev–Trinajstić information content (AvgIpc) is 2.55. The summed E-state index contributed by atoms with van der Waals surface area (Å²) in [6, 6.07) is 10.5. The fourth-order valence-corrected chi connectivity index (χ4v) is 2.60. The van der Waals surface area contributed by atoms with Crippen molar-refractivity contribution in [1.29, 1.82) is 0 Å². The van der Waals surface area contributed by atoms with Gasteiger partial charge in [0.25, 0.3) is 0 Å². The third-order valence-corrected chi connectivity index (χ3v) is 3.64. The topological polar surface area (TPSA) is 23.6 Å². The zero-order valence-electron chi connectivity index (χ0n) is 10.3. The molecule has 2 amide bonds. The van der Waals surface area contributed by atoms with Crippen LogP contribution in [0, 0.1) is 0 Å². The summed E-state index contributed by atoms with van der Waals surface area (Å²) in [5.74, 6) is 0. The van der Waals surface area contributed by atoms with Crippen LogP contribution in [0.15, 0.2) is 30.3 Å². The van der Waals surface area contributed by atoms with Crippen LogP contribution in [0.5, 0.6) is 0 Å². The van der Waals surface area contributed by atoms with Crippen molar-refractivity contribution in [3.05, 3.63) is 35.9 Å². The van der Waals surface area contributed by atoms with Crippen molar-refractivity contribution in [3.63, 3.8) is 0 Å². The summed E-state index contributed by atoms with van der Waals surface area (Å²) >= 11 is 2.95. The number of hydrogen-bond donors (Lipinski definition) is 0. The van der Waals surface area contributed by atoms with E-state index in [1.165, 1.54) is 5.56 Å². The van der Waals surface area contributed by atoms with Gasteiger partial charge in [-0.3, -0.25) is 0 Å². The van der Waals surface area contributed by atoms with E-state index in [1.54, 1.807) is 4.90 Å². The Bertz CT molecular complexity index is 446. The molecule has 2 atom stereocenters. The van der Waals surface area contributed by atoms with Crippen LogP contribution in [-0.4, -0.2) is 33.4 Å². The van der Waals surface area contributed by atoms with Crippen LogP contribution >= 0.6 is 0 Å². The summed E-state index contributed by atoms with van der Waals surface area (Å²) in [7, 11) is 1.85. The van der Waals surface area contributed by atoms with Gasteiger partial charge in [-0.2, -0.15) is 0 Å². The first-order chi connectivity index (χ1) is 8.04. The molecular weight excluding hydrogens is 252 g/mol. The van der Waals surface area contributed by atoms with Crippen molar-refractivity contribution in [3.8, 4) is 0 Å². The predicted octanol–water partition coefficient (Wildman–Crippen LogP) is 2.18. The average molecular weight is 268 g/mol. The fraction of sp³-hybridized carbons (Fsp3) is 0.385. The first-order valence-corrected chi connectivity index (χ1v) is 6.29. The molecular formula is C13H16CrN2O. The molecule has 3 nitrogen and oxygen atoms in total. The van der Waals surface area contributed by atoms with Crippen molar-refractivity contribution < 1.29 is 20.6 Å². The van der Waals surface area contributed by atoms with Crippen molar-refractivity contribution in [2.45, 2.75) is 25.9 Å². The number of rotatable bonds is 2. The fourth-order valence-electron chi connectivity index (χ4n) is 2.30. The summed E-state index contributed by atoms with van der Waals surface area (Å²) in [6.45, 7) is 4.01. The number of hydrogen-bond acceptors (Lipinski definition) is 1. The van der Waals surface area contributed by atoms with Crippen LogP contribution < -0.4 is 0 Å². The van der Waals surface area contributed by atoms with Crippen LogP contribution in [0.25, 0.3) is 0 Å². The number of amides is 2. The van der Waals surface area contributed by atoms with Gasteiger partial charge in [0, 0.05) is 0 Å². The van der Waals surface area contributed by atoms with Crippen LogP contribution in [0.3, 0.4) is 0 Å². The SMILES string of the molecule is C[C](=[Cr])N1C(=O)N(C)[C@@H](C)[C@H]1c1ccccc1. The van der Waals surface area contributed by atoms with Gasteiger partial charge in [-0.25, -0.2) is 0 Å². The molecule has 1 heterocycles. The molecule has 0 spiro atoms. The van der Waals surface area contributed by atoms with Crippen LogP contribution in [0.1, 0.15) is 25.5 Å². The van der Waals surface area contributed by atoms with E-state index in [4.69, 9.17) is 0 Å². The molecule has 1 aromatic carbocycles. The maximum absolute atomic E-state index is 12.2. The Balaban J connectivity index is 2.43. The van der Waals surface area contributed by atoms with E-state index in [-0.39, 0.29) is 18.1 Å². The van der Waals surface area contributed by atoms with Crippen molar-refractivity contribution in [2.75, 3.05) is 7.05 Å². The number of carbonyl (C=O) groups excluding carboxylic acids is 1. The third-order valence-electron chi connectivity index (χ3n) is 3.33. The van der Waals surface area contributed by atoms with Gasteiger partial charge in [-0.05, 0) is 0 Å². The van der Waals surface area contributed by atoms with E-state index >= 15 is 0 Å². The van der Waals surface area contributed by atoms with Crippen LogP contribution in [0.2, 0.25) is 0 Å². The van der Waals surface area contributed by atoms with E-state index < -0.39 is 0 Å². The monoisotopic (exact) mass is 268 g/mol. The molecule has 1 fully saturated rings. The Morgan fingerprint density at radius 1 is 1.29 bits per heavy atom. The molecule has 0 radical (unpaired) electrons. The minimum atomic E-state index is 0.0580. The molecule has 4 heteroatoms. The van der Waals surface area contributed by atoms with E-state index in [2.05, 4.69) is 34.9 Å². The molecule has 1 aliphatic rings. The van der Waals surface area contributed by atoms with Gasteiger partial charge in [0.1, 0.15) is 0 Å². The third kappa shape index (κ3) is 2.03. The molecule has 17 heavy (non-hydrogen) atoms. The summed E-state index contributed by atoms with van der Waals surface area (Å²) in [6.07, 6.45) is 0. The first kappa shape index (κ1) is 12.4. The zero-order valence-corrected chi connectivity index (χ0v) is 11.5. The number of nitrogens with zero attached hydrogens (tertiary/aromatic N) is 2. The molecule has 0 bridgehead atoms. The second-order valence-electron chi connectivity index (χ2n) is 4.38. The van der Waals surface area contributed by atoms with Gasteiger partial charge in [0.05, 0.1) is 0 Å². The Kier molecular flexibility index (Phi) is 3.37. The van der Waals surface area contributed by atoms with Crippen molar-refractivity contribution >= 4 is 10.5 Å². The molecule has 1 aliphatic heterocycles. The van der Waals surface area contributed by atoms with Gasteiger partial charge < -0.3 is 0 Å².